The highest BCUT2D eigenvalue weighted by Crippen LogP contribution is 2.24. The maximum Gasteiger partial charge on any atom is 0.220 e. The highest BCUT2D eigenvalue weighted by molar-refractivity contribution is 5.83. The van der Waals surface area contributed by atoms with E-state index >= 15 is 0 Å². The molecule has 5 nitrogen and oxygen atoms in total. The molecule has 3 aromatic carbocycles. The Morgan fingerprint density at radius 2 is 1.83 bits per heavy atom. The number of hydrogen-bond donors (Lipinski definition) is 1. The first-order valence-electron chi connectivity index (χ1n) is 9.99. The van der Waals surface area contributed by atoms with Crippen LogP contribution in [0.1, 0.15) is 30.8 Å². The molecule has 0 saturated carbocycles. The lowest BCUT2D eigenvalue weighted by Gasteiger charge is -2.15. The molecule has 1 unspecified atom stereocenters. The van der Waals surface area contributed by atoms with E-state index in [0.717, 1.165) is 16.9 Å². The van der Waals surface area contributed by atoms with E-state index in [4.69, 9.17) is 9.15 Å². The van der Waals surface area contributed by atoms with Gasteiger partial charge in [0, 0.05) is 18.4 Å². The van der Waals surface area contributed by atoms with Gasteiger partial charge in [-0.15, -0.1) is 0 Å². The Labute approximate surface area is 175 Å². The van der Waals surface area contributed by atoms with E-state index in [1.54, 1.807) is 13.3 Å². The zero-order valence-corrected chi connectivity index (χ0v) is 17.1. The third kappa shape index (κ3) is 4.51. The summed E-state index contributed by atoms with van der Waals surface area (Å²) in [7, 11) is 1.63. The summed E-state index contributed by atoms with van der Waals surface area (Å²) in [6.07, 6.45) is 2.46. The Morgan fingerprint density at radius 1 is 1.07 bits per heavy atom. The van der Waals surface area contributed by atoms with Gasteiger partial charge >= 0.3 is 0 Å². The third-order valence-electron chi connectivity index (χ3n) is 5.15. The van der Waals surface area contributed by atoms with Crippen molar-refractivity contribution in [2.45, 2.75) is 25.8 Å². The minimum atomic E-state index is -0.0680. The fraction of sp³-hybridized carbons (Fsp3) is 0.200. The van der Waals surface area contributed by atoms with Crippen molar-refractivity contribution in [1.82, 2.24) is 10.3 Å². The topological polar surface area (TPSA) is 64.4 Å². The number of carbonyl (C=O) groups is 1. The average molecular weight is 400 g/mol. The first-order valence-corrected chi connectivity index (χ1v) is 9.99. The quantitative estimate of drug-likeness (QED) is 0.456. The number of aryl methyl sites for hydroxylation is 1. The number of hydrogen-bond acceptors (Lipinski definition) is 4. The van der Waals surface area contributed by atoms with Gasteiger partial charge in [-0.2, -0.15) is 0 Å². The van der Waals surface area contributed by atoms with Crippen molar-refractivity contribution < 1.29 is 13.9 Å². The monoisotopic (exact) mass is 400 g/mol. The fourth-order valence-corrected chi connectivity index (χ4v) is 3.41. The average Bonchev–Trinajstić information content (AvgIpc) is 3.26. The van der Waals surface area contributed by atoms with Crippen LogP contribution in [0.3, 0.4) is 0 Å². The van der Waals surface area contributed by atoms with E-state index in [1.807, 2.05) is 43.3 Å². The molecule has 1 amide bonds. The van der Waals surface area contributed by atoms with Crippen LogP contribution in [-0.2, 0) is 11.2 Å². The van der Waals surface area contributed by atoms with Gasteiger partial charge in [0.15, 0.2) is 11.7 Å². The molecule has 0 spiro atoms. The number of oxazole rings is 1. The zero-order chi connectivity index (χ0) is 20.9. The first kappa shape index (κ1) is 19.7. The van der Waals surface area contributed by atoms with Crippen molar-refractivity contribution in [1.29, 1.82) is 0 Å². The molecule has 5 heteroatoms. The molecular formula is C25H24N2O3. The fourth-order valence-electron chi connectivity index (χ4n) is 3.41. The van der Waals surface area contributed by atoms with E-state index in [-0.39, 0.29) is 11.9 Å². The minimum absolute atomic E-state index is 0.0279. The number of rotatable bonds is 7. The highest BCUT2D eigenvalue weighted by Gasteiger charge is 2.13. The Bertz CT molecular complexity index is 1150. The molecule has 0 aliphatic heterocycles. The van der Waals surface area contributed by atoms with Gasteiger partial charge in [-0.1, -0.05) is 36.4 Å². The first-order chi connectivity index (χ1) is 14.6. The molecule has 30 heavy (non-hydrogen) atoms. The normalized spacial score (nSPS) is 11.9. The molecular weight excluding hydrogens is 376 g/mol. The highest BCUT2D eigenvalue weighted by atomic mass is 16.5. The van der Waals surface area contributed by atoms with Crippen LogP contribution in [0, 0.1) is 0 Å². The Morgan fingerprint density at radius 3 is 2.60 bits per heavy atom. The van der Waals surface area contributed by atoms with Crippen molar-refractivity contribution in [2.24, 2.45) is 0 Å². The molecule has 0 radical (unpaired) electrons. The lowest BCUT2D eigenvalue weighted by Crippen LogP contribution is -2.26. The van der Waals surface area contributed by atoms with Gasteiger partial charge in [0.25, 0.3) is 0 Å². The number of amides is 1. The molecule has 0 bridgehead atoms. The lowest BCUT2D eigenvalue weighted by molar-refractivity contribution is -0.121. The maximum atomic E-state index is 12.4. The summed E-state index contributed by atoms with van der Waals surface area (Å²) in [4.78, 5) is 16.7. The van der Waals surface area contributed by atoms with Gasteiger partial charge in [0.1, 0.15) is 5.75 Å². The van der Waals surface area contributed by atoms with Crippen LogP contribution in [0.4, 0.5) is 0 Å². The Balaban J connectivity index is 1.33. The minimum Gasteiger partial charge on any atom is -0.497 e. The van der Waals surface area contributed by atoms with Crippen molar-refractivity contribution in [3.05, 3.63) is 84.4 Å². The van der Waals surface area contributed by atoms with Crippen molar-refractivity contribution >= 4 is 16.7 Å². The summed E-state index contributed by atoms with van der Waals surface area (Å²) in [6, 6.07) is 22.0. The van der Waals surface area contributed by atoms with Crippen molar-refractivity contribution in [3.63, 3.8) is 0 Å². The summed E-state index contributed by atoms with van der Waals surface area (Å²) >= 11 is 0. The summed E-state index contributed by atoms with van der Waals surface area (Å²) in [6.45, 7) is 1.99. The van der Waals surface area contributed by atoms with Crippen LogP contribution in [0.15, 0.2) is 77.3 Å². The molecule has 1 aromatic heterocycles. The molecule has 1 heterocycles. The summed E-state index contributed by atoms with van der Waals surface area (Å²) in [5.74, 6) is 1.99. The lowest BCUT2D eigenvalue weighted by atomic mass is 10.0. The van der Waals surface area contributed by atoms with Gasteiger partial charge in [-0.25, -0.2) is 4.98 Å². The summed E-state index contributed by atoms with van der Waals surface area (Å²) in [5.41, 5.74) is 2.00. The van der Waals surface area contributed by atoms with Crippen LogP contribution < -0.4 is 10.1 Å². The van der Waals surface area contributed by atoms with E-state index in [1.165, 1.54) is 10.8 Å². The predicted octanol–water partition coefficient (Wildman–Crippen LogP) is 5.31. The molecule has 1 N–H and O–H groups in total. The summed E-state index contributed by atoms with van der Waals surface area (Å²) in [5, 5.41) is 5.42. The molecule has 0 aliphatic carbocycles. The Hall–Kier alpha value is -3.60. The van der Waals surface area contributed by atoms with Crippen LogP contribution >= 0.6 is 0 Å². The van der Waals surface area contributed by atoms with Crippen molar-refractivity contribution in [2.75, 3.05) is 7.11 Å². The number of methoxy groups -OCH3 is 1. The SMILES string of the molecule is COc1ccc(-c2cnc(CCC(=O)NC(C)c3ccc4ccccc4c3)o2)cc1. The number of carbonyl (C=O) groups excluding carboxylic acids is 1. The molecule has 4 rings (SSSR count). The maximum absolute atomic E-state index is 12.4. The van der Waals surface area contributed by atoms with Gasteiger partial charge in [-0.3, -0.25) is 4.79 Å². The predicted molar refractivity (Wildman–Crippen MR) is 117 cm³/mol. The van der Waals surface area contributed by atoms with E-state index < -0.39 is 0 Å². The molecule has 0 saturated heterocycles. The van der Waals surface area contributed by atoms with Gasteiger partial charge in [0.05, 0.1) is 19.3 Å². The van der Waals surface area contributed by atoms with E-state index in [9.17, 15) is 4.79 Å². The smallest absolute Gasteiger partial charge is 0.220 e. The number of fused-ring (bicyclic) bond motifs is 1. The molecule has 152 valence electrons. The number of ether oxygens (including phenoxy) is 1. The second kappa shape index (κ2) is 8.82. The summed E-state index contributed by atoms with van der Waals surface area (Å²) < 4.78 is 11.0. The number of nitrogens with one attached hydrogen (secondary N) is 1. The van der Waals surface area contributed by atoms with Gasteiger partial charge < -0.3 is 14.5 Å². The van der Waals surface area contributed by atoms with E-state index in [0.29, 0.717) is 24.5 Å². The second-order valence-electron chi connectivity index (χ2n) is 7.24. The van der Waals surface area contributed by atoms with E-state index in [2.05, 4.69) is 40.6 Å². The Kier molecular flexibility index (Phi) is 5.80. The van der Waals surface area contributed by atoms with Gasteiger partial charge in [0.2, 0.25) is 5.91 Å². The number of aromatic nitrogens is 1. The molecule has 0 aliphatic rings. The molecule has 1 atom stereocenters. The largest absolute Gasteiger partial charge is 0.497 e. The number of nitrogens with zero attached hydrogens (tertiary/aromatic N) is 1. The van der Waals surface area contributed by atoms with Crippen LogP contribution in [0.5, 0.6) is 5.75 Å². The standard InChI is InChI=1S/C25H24N2O3/c1-17(20-8-7-18-5-3-4-6-21(18)15-20)27-24(28)13-14-25-26-16-23(30-25)19-9-11-22(29-2)12-10-19/h3-12,15-17H,13-14H2,1-2H3,(H,27,28). The van der Waals surface area contributed by atoms with Crippen LogP contribution in [0.25, 0.3) is 22.1 Å². The van der Waals surface area contributed by atoms with Crippen LogP contribution in [0.2, 0.25) is 0 Å². The number of benzene rings is 3. The molecule has 4 aromatic rings. The van der Waals surface area contributed by atoms with Crippen molar-refractivity contribution in [3.8, 4) is 17.1 Å². The zero-order valence-electron chi connectivity index (χ0n) is 17.1. The van der Waals surface area contributed by atoms with Crippen LogP contribution in [-0.4, -0.2) is 18.0 Å². The second-order valence-corrected chi connectivity index (χ2v) is 7.24. The van der Waals surface area contributed by atoms with Gasteiger partial charge in [-0.05, 0) is 53.6 Å². The third-order valence-corrected chi connectivity index (χ3v) is 5.15. The molecule has 0 fully saturated rings.